The van der Waals surface area contributed by atoms with E-state index >= 15 is 0 Å². The third-order valence-electron chi connectivity index (χ3n) is 5.45. The van der Waals surface area contributed by atoms with Crippen LogP contribution in [-0.2, 0) is 40.8 Å². The first kappa shape index (κ1) is 24.9. The molecule has 0 aromatic heterocycles. The second-order valence-corrected chi connectivity index (χ2v) is 11.7. The molecule has 31 heavy (non-hydrogen) atoms. The Morgan fingerprint density at radius 3 is 2.68 bits per heavy atom. The molecule has 2 aliphatic carbocycles. The SMILES string of the molecule is CN1C2=Cc3cc(Br)c[c-]c3C2c2ccccc21.[Cl][Zr][Cl].[SH-].[c-]1cccc2c1C=CC2. The molecule has 6 heteroatoms. The van der Waals surface area contributed by atoms with Gasteiger partial charge < -0.3 is 18.4 Å². The summed E-state index contributed by atoms with van der Waals surface area (Å²) in [7, 11) is 12.0. The van der Waals surface area contributed by atoms with Gasteiger partial charge in [-0.05, 0) is 11.6 Å². The van der Waals surface area contributed by atoms with Crippen LogP contribution in [0.5, 0.6) is 0 Å². The minimum absolute atomic E-state index is 0. The van der Waals surface area contributed by atoms with E-state index in [4.69, 9.17) is 17.0 Å². The molecule has 0 fully saturated rings. The average molecular weight is 608 g/mol. The van der Waals surface area contributed by atoms with E-state index in [0.29, 0.717) is 5.92 Å². The van der Waals surface area contributed by atoms with E-state index in [-0.39, 0.29) is 13.5 Å². The number of thiol groups is 1. The van der Waals surface area contributed by atoms with E-state index in [1.54, 1.807) is 0 Å². The molecule has 3 aromatic rings. The van der Waals surface area contributed by atoms with Crippen molar-refractivity contribution in [3.8, 4) is 0 Å². The second kappa shape index (κ2) is 11.4. The number of rotatable bonds is 0. The largest absolute Gasteiger partial charge is 0.813 e. The van der Waals surface area contributed by atoms with Gasteiger partial charge >= 0.3 is 37.9 Å². The summed E-state index contributed by atoms with van der Waals surface area (Å²) in [6.45, 7) is 0. The molecule has 0 bridgehead atoms. The normalized spacial score (nSPS) is 15.7. The third-order valence-corrected chi connectivity index (χ3v) is 5.91. The molecule has 1 aliphatic heterocycles. The molecule has 1 atom stereocenters. The zero-order chi connectivity index (χ0) is 21.1. The van der Waals surface area contributed by atoms with Crippen molar-refractivity contribution >= 4 is 64.3 Å². The Morgan fingerprint density at radius 1 is 1.13 bits per heavy atom. The Balaban J connectivity index is 0.000000177. The standard InChI is InChI=1S/C16H11BrN.C9H7.2ClH.H2S.Zr/c1-18-14-5-3-2-4-13(14)16-12-7-6-11(17)8-10(12)9-15(16)18;1-2-5-9-7-3-6-8(9)4-1;;;;/h2-6,8-9,16H,1H3;1-4,7H,6H2;2*1H;1H2;/q2*-1;;;;+2/p-3. The van der Waals surface area contributed by atoms with E-state index in [1.165, 1.54) is 39.2 Å². The van der Waals surface area contributed by atoms with Gasteiger partial charge in [0.25, 0.3) is 0 Å². The first-order valence-corrected chi connectivity index (χ1v) is 16.6. The van der Waals surface area contributed by atoms with E-state index < -0.39 is 20.8 Å². The molecule has 3 aliphatic rings. The first-order valence-electron chi connectivity index (χ1n) is 9.51. The summed E-state index contributed by atoms with van der Waals surface area (Å²) >= 11 is 2.69. The Hall–Kier alpha value is -0.767. The number of anilines is 1. The molecular formula is C25H19BrCl2NSZr-3. The number of hydrogen-bond acceptors (Lipinski definition) is 2. The molecule has 0 saturated heterocycles. The summed E-state index contributed by atoms with van der Waals surface area (Å²) in [6.07, 6.45) is 7.66. The summed E-state index contributed by atoms with van der Waals surface area (Å²) in [5.41, 5.74) is 9.31. The van der Waals surface area contributed by atoms with Gasteiger partial charge in [-0.2, -0.15) is 18.2 Å². The first-order chi connectivity index (χ1) is 14.6. The van der Waals surface area contributed by atoms with Crippen molar-refractivity contribution in [1.82, 2.24) is 0 Å². The van der Waals surface area contributed by atoms with Crippen LogP contribution >= 0.6 is 33.0 Å². The summed E-state index contributed by atoms with van der Waals surface area (Å²) in [5.74, 6) is 0.370. The molecule has 3 aromatic carbocycles. The van der Waals surface area contributed by atoms with Gasteiger partial charge in [-0.25, -0.2) is 0 Å². The molecule has 1 nitrogen and oxygen atoms in total. The maximum absolute atomic E-state index is 4.93. The second-order valence-electron chi connectivity index (χ2n) is 7.09. The van der Waals surface area contributed by atoms with Crippen LogP contribution in [0.25, 0.3) is 12.2 Å². The number of fused-ring (bicyclic) bond motifs is 6. The monoisotopic (exact) mass is 604 g/mol. The summed E-state index contributed by atoms with van der Waals surface area (Å²) in [6, 6.07) is 25.5. The van der Waals surface area contributed by atoms with Gasteiger partial charge in [0.15, 0.2) is 0 Å². The van der Waals surface area contributed by atoms with Crippen LogP contribution in [-0.4, -0.2) is 7.05 Å². The minimum Gasteiger partial charge on any atom is -0.813 e. The number of benzene rings is 3. The van der Waals surface area contributed by atoms with Crippen LogP contribution in [0.4, 0.5) is 5.69 Å². The predicted octanol–water partition coefficient (Wildman–Crippen LogP) is 7.35. The van der Waals surface area contributed by atoms with Crippen LogP contribution in [0.2, 0.25) is 0 Å². The maximum Gasteiger partial charge on any atom is -0.0528 e. The average Bonchev–Trinajstić information content (AvgIpc) is 3.44. The van der Waals surface area contributed by atoms with Gasteiger partial charge in [0.1, 0.15) is 0 Å². The summed E-state index contributed by atoms with van der Waals surface area (Å²) in [4.78, 5) is 2.29. The van der Waals surface area contributed by atoms with E-state index in [0.717, 1.165) is 10.9 Å². The van der Waals surface area contributed by atoms with Crippen LogP contribution in [0.3, 0.4) is 0 Å². The number of likely N-dealkylation sites (N-methyl/N-ethyl adjacent to an activating group) is 1. The van der Waals surface area contributed by atoms with Crippen molar-refractivity contribution in [2.75, 3.05) is 11.9 Å². The minimum atomic E-state index is -0.826. The number of para-hydroxylation sites is 1. The van der Waals surface area contributed by atoms with Crippen molar-refractivity contribution < 1.29 is 20.8 Å². The fourth-order valence-corrected chi connectivity index (χ4v) is 4.52. The van der Waals surface area contributed by atoms with Crippen molar-refractivity contribution in [2.24, 2.45) is 0 Å². The molecular weight excluding hydrogens is 588 g/mol. The van der Waals surface area contributed by atoms with Crippen LogP contribution in [0.1, 0.15) is 33.7 Å². The van der Waals surface area contributed by atoms with E-state index in [2.05, 4.69) is 94.6 Å². The fourth-order valence-electron chi connectivity index (χ4n) is 4.16. The summed E-state index contributed by atoms with van der Waals surface area (Å²) < 4.78 is 1.09. The third kappa shape index (κ3) is 5.25. The fraction of sp³-hybridized carbons (Fsp3) is 0.120. The topological polar surface area (TPSA) is 3.24 Å². The van der Waals surface area contributed by atoms with E-state index in [9.17, 15) is 0 Å². The van der Waals surface area contributed by atoms with Crippen molar-refractivity contribution in [3.05, 3.63) is 111 Å². The molecule has 0 saturated carbocycles. The van der Waals surface area contributed by atoms with Gasteiger partial charge in [-0.1, -0.05) is 35.2 Å². The van der Waals surface area contributed by atoms with E-state index in [1.807, 2.05) is 18.2 Å². The van der Waals surface area contributed by atoms with Crippen molar-refractivity contribution in [1.29, 1.82) is 0 Å². The molecule has 0 spiro atoms. The number of hydrogen-bond donors (Lipinski definition) is 0. The van der Waals surface area contributed by atoms with Crippen LogP contribution in [0, 0.1) is 12.1 Å². The Morgan fingerprint density at radius 2 is 1.90 bits per heavy atom. The number of allylic oxidation sites excluding steroid dienone is 2. The molecule has 0 N–H and O–H groups in total. The van der Waals surface area contributed by atoms with Crippen LogP contribution in [0.15, 0.2) is 70.8 Å². The zero-order valence-corrected chi connectivity index (χ0v) is 23.2. The zero-order valence-electron chi connectivity index (χ0n) is 16.7. The van der Waals surface area contributed by atoms with Crippen LogP contribution < -0.4 is 4.90 Å². The molecule has 0 amide bonds. The van der Waals surface area contributed by atoms with Gasteiger partial charge in [0.05, 0.1) is 0 Å². The number of nitrogens with zero attached hydrogens (tertiary/aromatic N) is 1. The van der Waals surface area contributed by atoms with Gasteiger partial charge in [0, 0.05) is 24.4 Å². The van der Waals surface area contributed by atoms with Gasteiger partial charge in [0.2, 0.25) is 0 Å². The number of halogens is 3. The van der Waals surface area contributed by atoms with Crippen molar-refractivity contribution in [2.45, 2.75) is 12.3 Å². The van der Waals surface area contributed by atoms with Gasteiger partial charge in [-0.3, -0.25) is 0 Å². The molecule has 1 unspecified atom stereocenters. The predicted molar refractivity (Wildman–Crippen MR) is 136 cm³/mol. The summed E-state index contributed by atoms with van der Waals surface area (Å²) in [5, 5.41) is 0. The Bertz CT molecular complexity index is 1130. The maximum atomic E-state index is 4.93. The smallest absolute Gasteiger partial charge is 0.0528 e. The molecule has 0 radical (unpaired) electrons. The molecule has 6 rings (SSSR count). The Kier molecular flexibility index (Phi) is 9.14. The van der Waals surface area contributed by atoms with Gasteiger partial charge in [-0.15, -0.1) is 74.6 Å². The molecule has 1 heterocycles. The molecule has 158 valence electrons. The van der Waals surface area contributed by atoms with Crippen molar-refractivity contribution in [3.63, 3.8) is 0 Å². The Labute approximate surface area is 218 Å². The quantitative estimate of drug-likeness (QED) is 0.149.